The van der Waals surface area contributed by atoms with Gasteiger partial charge in [-0.1, -0.05) is 78.4 Å². The topological polar surface area (TPSA) is 37.3 Å². The van der Waals surface area contributed by atoms with Gasteiger partial charge in [-0.15, -0.1) is 0 Å². The molecular weight excluding hydrogens is 368 g/mol. The largest absolute Gasteiger partial charge is 0.481 e. The van der Waals surface area contributed by atoms with E-state index in [0.29, 0.717) is 0 Å². The van der Waals surface area contributed by atoms with Gasteiger partial charge in [-0.2, -0.15) is 0 Å². The lowest BCUT2D eigenvalue weighted by Gasteiger charge is -2.06. The van der Waals surface area contributed by atoms with Gasteiger partial charge < -0.3 is 5.11 Å². The molecule has 4 rings (SSSR count). The molecule has 0 saturated carbocycles. The third-order valence-corrected chi connectivity index (χ3v) is 5.81. The molecule has 1 aliphatic carbocycles. The van der Waals surface area contributed by atoms with Crippen LogP contribution in [0, 0.1) is 6.92 Å². The van der Waals surface area contributed by atoms with E-state index in [1.165, 1.54) is 11.1 Å². The lowest BCUT2D eigenvalue weighted by atomic mass is 9.98. The van der Waals surface area contributed by atoms with Crippen LogP contribution in [0.4, 0.5) is 0 Å². The summed E-state index contributed by atoms with van der Waals surface area (Å²) >= 11 is 0. The Bertz CT molecular complexity index is 1130. The van der Waals surface area contributed by atoms with Crippen molar-refractivity contribution in [3.63, 3.8) is 0 Å². The molecule has 1 aliphatic rings. The van der Waals surface area contributed by atoms with Crippen LogP contribution < -0.4 is 0 Å². The summed E-state index contributed by atoms with van der Waals surface area (Å²) in [6, 6.07) is 25.6. The quantitative estimate of drug-likeness (QED) is 0.512. The Kier molecular flexibility index (Phi) is 5.67. The Labute approximate surface area is 178 Å². The zero-order chi connectivity index (χ0) is 21.1. The summed E-state index contributed by atoms with van der Waals surface area (Å²) in [5.41, 5.74) is 10.2. The molecule has 2 heteroatoms. The van der Waals surface area contributed by atoms with E-state index >= 15 is 0 Å². The molecule has 0 fully saturated rings. The number of carboxylic acids is 1. The maximum absolute atomic E-state index is 11.4. The van der Waals surface area contributed by atoms with Crippen molar-refractivity contribution in [3.05, 3.63) is 112 Å². The number of aliphatic carboxylic acids is 1. The molecule has 3 aromatic rings. The number of benzene rings is 3. The van der Waals surface area contributed by atoms with Crippen LogP contribution in [0.1, 0.15) is 46.7 Å². The third kappa shape index (κ3) is 4.28. The monoisotopic (exact) mass is 394 g/mol. The molecule has 0 unspecified atom stereocenters. The number of rotatable bonds is 6. The first-order valence-corrected chi connectivity index (χ1v) is 10.4. The van der Waals surface area contributed by atoms with Gasteiger partial charge in [0.25, 0.3) is 0 Å². The normalized spacial score (nSPS) is 14.3. The van der Waals surface area contributed by atoms with Crippen LogP contribution in [-0.2, 0) is 17.6 Å². The molecule has 0 saturated heterocycles. The van der Waals surface area contributed by atoms with Gasteiger partial charge >= 0.3 is 5.97 Å². The minimum absolute atomic E-state index is 0.0536. The zero-order valence-electron chi connectivity index (χ0n) is 17.5. The van der Waals surface area contributed by atoms with Crippen LogP contribution in [-0.4, -0.2) is 11.1 Å². The number of hydrogen-bond donors (Lipinski definition) is 1. The summed E-state index contributed by atoms with van der Waals surface area (Å²) in [5.74, 6) is -0.791. The number of allylic oxidation sites excluding steroid dienone is 2. The van der Waals surface area contributed by atoms with Gasteiger partial charge in [-0.25, -0.2) is 0 Å². The molecule has 0 aromatic heterocycles. The molecule has 2 nitrogen and oxygen atoms in total. The molecule has 150 valence electrons. The van der Waals surface area contributed by atoms with E-state index in [-0.39, 0.29) is 6.42 Å². The van der Waals surface area contributed by atoms with Crippen molar-refractivity contribution >= 4 is 23.2 Å². The average Bonchev–Trinajstić information content (AvgIpc) is 2.99. The summed E-state index contributed by atoms with van der Waals surface area (Å²) in [5, 5.41) is 9.37. The second-order valence-corrected chi connectivity index (χ2v) is 8.01. The first-order valence-electron chi connectivity index (χ1n) is 10.4. The van der Waals surface area contributed by atoms with Crippen LogP contribution in [0.5, 0.6) is 0 Å². The smallest absolute Gasteiger partial charge is 0.307 e. The van der Waals surface area contributed by atoms with Gasteiger partial charge in [0.2, 0.25) is 0 Å². The van der Waals surface area contributed by atoms with Gasteiger partial charge in [-0.3, -0.25) is 4.79 Å². The van der Waals surface area contributed by atoms with Crippen molar-refractivity contribution < 1.29 is 9.90 Å². The van der Waals surface area contributed by atoms with Crippen LogP contribution in [0.25, 0.3) is 17.2 Å². The highest BCUT2D eigenvalue weighted by molar-refractivity contribution is 6.07. The van der Waals surface area contributed by atoms with Gasteiger partial charge in [0.05, 0.1) is 6.42 Å². The Morgan fingerprint density at radius 1 is 0.833 bits per heavy atom. The van der Waals surface area contributed by atoms with Gasteiger partial charge in [0, 0.05) is 0 Å². The highest BCUT2D eigenvalue weighted by atomic mass is 16.4. The lowest BCUT2D eigenvalue weighted by molar-refractivity contribution is -0.135. The molecule has 30 heavy (non-hydrogen) atoms. The fourth-order valence-electron chi connectivity index (χ4n) is 4.15. The molecule has 0 radical (unpaired) electrons. The average molecular weight is 395 g/mol. The molecule has 3 aromatic carbocycles. The molecule has 1 N–H and O–H groups in total. The lowest BCUT2D eigenvalue weighted by Crippen LogP contribution is -1.97. The second kappa shape index (κ2) is 8.54. The van der Waals surface area contributed by atoms with E-state index in [0.717, 1.165) is 51.8 Å². The van der Waals surface area contributed by atoms with Crippen molar-refractivity contribution in [2.45, 2.75) is 33.1 Å². The number of aryl methyl sites for hydroxylation is 3. The maximum Gasteiger partial charge on any atom is 0.307 e. The number of carboxylic acid groups (broad SMARTS) is 1. The molecular formula is C28H26O2. The van der Waals surface area contributed by atoms with Crippen molar-refractivity contribution in [3.8, 4) is 0 Å². The number of carbonyl (C=O) groups is 1. The SMILES string of the molecule is CC1=C(CC(=O)O)c2cc(C)ccc2/C1=C\c1ccc(CCc2ccccc2)cc1. The van der Waals surface area contributed by atoms with Crippen LogP contribution in [0.15, 0.2) is 78.4 Å². The standard InChI is InChI=1S/C28H26O2/c1-19-8-15-24-25(20(2)26(18-28(29)30)27(24)16-19)17-23-13-11-22(12-14-23)10-9-21-6-4-3-5-7-21/h3-8,11-17H,9-10,18H2,1-2H3,(H,29,30)/b25-17-. The van der Waals surface area contributed by atoms with E-state index in [4.69, 9.17) is 0 Å². The highest BCUT2D eigenvalue weighted by Crippen LogP contribution is 2.43. The zero-order valence-corrected chi connectivity index (χ0v) is 17.5. The fraction of sp³-hybridized carbons (Fsp3) is 0.179. The minimum Gasteiger partial charge on any atom is -0.481 e. The summed E-state index contributed by atoms with van der Waals surface area (Å²) in [4.78, 5) is 11.4. The molecule has 0 atom stereocenters. The maximum atomic E-state index is 11.4. The Morgan fingerprint density at radius 2 is 1.50 bits per heavy atom. The summed E-state index contributed by atoms with van der Waals surface area (Å²) in [7, 11) is 0. The van der Waals surface area contributed by atoms with E-state index < -0.39 is 5.97 Å². The minimum atomic E-state index is -0.791. The molecule has 0 spiro atoms. The second-order valence-electron chi connectivity index (χ2n) is 8.01. The summed E-state index contributed by atoms with van der Waals surface area (Å²) < 4.78 is 0. The van der Waals surface area contributed by atoms with Crippen molar-refractivity contribution in [2.75, 3.05) is 0 Å². The van der Waals surface area contributed by atoms with Crippen molar-refractivity contribution in [2.24, 2.45) is 0 Å². The molecule has 0 aliphatic heterocycles. The first kappa shape index (κ1) is 19.9. The van der Waals surface area contributed by atoms with Crippen molar-refractivity contribution in [1.29, 1.82) is 0 Å². The van der Waals surface area contributed by atoms with Crippen LogP contribution in [0.2, 0.25) is 0 Å². The van der Waals surface area contributed by atoms with Crippen LogP contribution in [0.3, 0.4) is 0 Å². The van der Waals surface area contributed by atoms with Crippen LogP contribution >= 0.6 is 0 Å². The van der Waals surface area contributed by atoms with E-state index in [1.54, 1.807) is 0 Å². The van der Waals surface area contributed by atoms with Gasteiger partial charge in [0.15, 0.2) is 0 Å². The first-order chi connectivity index (χ1) is 14.5. The molecule has 0 heterocycles. The predicted molar refractivity (Wildman–Crippen MR) is 124 cm³/mol. The van der Waals surface area contributed by atoms with Gasteiger partial charge in [-0.05, 0) is 77.3 Å². The van der Waals surface area contributed by atoms with E-state index in [2.05, 4.69) is 72.8 Å². The third-order valence-electron chi connectivity index (χ3n) is 5.81. The Balaban J connectivity index is 1.59. The molecule has 0 amide bonds. The Morgan fingerprint density at radius 3 is 2.17 bits per heavy atom. The summed E-state index contributed by atoms with van der Waals surface area (Å²) in [6.45, 7) is 4.08. The van der Waals surface area contributed by atoms with Crippen molar-refractivity contribution in [1.82, 2.24) is 0 Å². The number of hydrogen-bond acceptors (Lipinski definition) is 1. The Hall–Kier alpha value is -3.39. The number of fused-ring (bicyclic) bond motifs is 1. The van der Waals surface area contributed by atoms with Gasteiger partial charge in [0.1, 0.15) is 0 Å². The highest BCUT2D eigenvalue weighted by Gasteiger charge is 2.25. The summed E-state index contributed by atoms with van der Waals surface area (Å²) in [6.07, 6.45) is 4.29. The fourth-order valence-corrected chi connectivity index (χ4v) is 4.15. The molecule has 0 bridgehead atoms. The van der Waals surface area contributed by atoms with E-state index in [1.807, 2.05) is 19.9 Å². The predicted octanol–water partition coefficient (Wildman–Crippen LogP) is 6.58. The van der Waals surface area contributed by atoms with E-state index in [9.17, 15) is 9.90 Å².